The normalized spacial score (nSPS) is 25.6. The highest BCUT2D eigenvalue weighted by molar-refractivity contribution is 7.86. The first-order chi connectivity index (χ1) is 13.3. The molecule has 2 aliphatic heterocycles. The standard InChI is InChI=1S/C17H16N2O7S2/c1-28(21,22)26-13-11(9-23-16(20)10-5-3-2-4-6-10)24-15-14(13)25-17-18-12(27)7-8-19(15)17/h2-8,11,13-15H,9H2,1H3/t11-,13+,14+,15-/m0/s1. The summed E-state index contributed by atoms with van der Waals surface area (Å²) in [7, 11) is -3.82. The number of benzene rings is 1. The Morgan fingerprint density at radius 1 is 1.29 bits per heavy atom. The number of rotatable bonds is 5. The Hall–Kier alpha value is -2.34. The monoisotopic (exact) mass is 424 g/mol. The van der Waals surface area contributed by atoms with Crippen LogP contribution in [0.25, 0.3) is 0 Å². The van der Waals surface area contributed by atoms with E-state index in [0.29, 0.717) is 10.2 Å². The van der Waals surface area contributed by atoms with E-state index in [4.69, 9.17) is 30.6 Å². The molecule has 3 heterocycles. The van der Waals surface area contributed by atoms with Crippen LogP contribution in [0.1, 0.15) is 16.6 Å². The van der Waals surface area contributed by atoms with Crippen molar-refractivity contribution in [2.45, 2.75) is 24.5 Å². The Kier molecular flexibility index (Phi) is 4.91. The van der Waals surface area contributed by atoms with E-state index in [2.05, 4.69) is 4.98 Å². The molecule has 0 amide bonds. The zero-order chi connectivity index (χ0) is 19.9. The predicted molar refractivity (Wildman–Crippen MR) is 97.8 cm³/mol. The summed E-state index contributed by atoms with van der Waals surface area (Å²) in [6.07, 6.45) is -0.738. The number of fused-ring (bicyclic) bond motifs is 3. The Labute approximate surface area is 165 Å². The van der Waals surface area contributed by atoms with Crippen LogP contribution in [0.3, 0.4) is 0 Å². The maximum Gasteiger partial charge on any atom is 0.338 e. The molecule has 1 aromatic carbocycles. The fourth-order valence-corrected chi connectivity index (χ4v) is 3.90. The van der Waals surface area contributed by atoms with Crippen molar-refractivity contribution in [1.29, 1.82) is 0 Å². The van der Waals surface area contributed by atoms with Crippen LogP contribution in [0.2, 0.25) is 0 Å². The lowest BCUT2D eigenvalue weighted by molar-refractivity contribution is -0.0466. The van der Waals surface area contributed by atoms with Crippen molar-refractivity contribution >= 4 is 28.3 Å². The second-order valence-electron chi connectivity index (χ2n) is 6.33. The van der Waals surface area contributed by atoms with Crippen molar-refractivity contribution in [3.8, 4) is 6.01 Å². The van der Waals surface area contributed by atoms with Gasteiger partial charge >= 0.3 is 5.97 Å². The zero-order valence-electron chi connectivity index (χ0n) is 14.6. The minimum atomic E-state index is -3.82. The van der Waals surface area contributed by atoms with Crippen LogP contribution in [-0.4, -0.2) is 55.1 Å². The minimum absolute atomic E-state index is 0.202. The molecular formula is C17H16N2O7S2. The van der Waals surface area contributed by atoms with Crippen LogP contribution in [0.4, 0.5) is 0 Å². The first-order valence-corrected chi connectivity index (χ1v) is 10.6. The Bertz CT molecular complexity index is 1050. The number of carbonyl (C=O) groups is 1. The van der Waals surface area contributed by atoms with Crippen molar-refractivity contribution in [3.63, 3.8) is 0 Å². The summed E-state index contributed by atoms with van der Waals surface area (Å²) in [6.45, 7) is -0.202. The molecule has 0 N–H and O–H groups in total. The van der Waals surface area contributed by atoms with Crippen molar-refractivity contribution in [2.75, 3.05) is 12.9 Å². The third-order valence-corrected chi connectivity index (χ3v) is 5.08. The lowest BCUT2D eigenvalue weighted by Gasteiger charge is -2.20. The molecule has 0 bridgehead atoms. The Morgan fingerprint density at radius 3 is 2.75 bits per heavy atom. The smallest absolute Gasteiger partial charge is 0.338 e. The molecule has 2 aromatic rings. The van der Waals surface area contributed by atoms with Gasteiger partial charge in [-0.2, -0.15) is 13.4 Å². The number of carbonyl (C=O) groups excluding carboxylic acids is 1. The molecule has 0 aliphatic carbocycles. The van der Waals surface area contributed by atoms with Crippen LogP contribution in [0, 0.1) is 4.64 Å². The highest BCUT2D eigenvalue weighted by Gasteiger charge is 2.54. The molecule has 1 fully saturated rings. The van der Waals surface area contributed by atoms with Gasteiger partial charge in [-0.1, -0.05) is 30.4 Å². The van der Waals surface area contributed by atoms with Crippen molar-refractivity contribution in [3.05, 3.63) is 52.8 Å². The van der Waals surface area contributed by atoms with Gasteiger partial charge in [-0.25, -0.2) is 4.79 Å². The van der Waals surface area contributed by atoms with Gasteiger partial charge in [0.25, 0.3) is 16.1 Å². The molecule has 2 aliphatic rings. The molecule has 0 saturated carbocycles. The van der Waals surface area contributed by atoms with Crippen LogP contribution in [0.5, 0.6) is 6.01 Å². The molecule has 0 unspecified atom stereocenters. The lowest BCUT2D eigenvalue weighted by atomic mass is 10.1. The highest BCUT2D eigenvalue weighted by Crippen LogP contribution is 2.41. The van der Waals surface area contributed by atoms with Crippen LogP contribution >= 0.6 is 12.2 Å². The molecule has 28 heavy (non-hydrogen) atoms. The minimum Gasteiger partial charge on any atom is -0.459 e. The van der Waals surface area contributed by atoms with E-state index in [1.807, 2.05) is 0 Å². The lowest BCUT2D eigenvalue weighted by Crippen LogP contribution is -2.40. The molecule has 4 rings (SSSR count). The molecule has 0 spiro atoms. The third kappa shape index (κ3) is 3.78. The Balaban J connectivity index is 1.54. The van der Waals surface area contributed by atoms with E-state index in [-0.39, 0.29) is 12.6 Å². The second-order valence-corrected chi connectivity index (χ2v) is 8.35. The van der Waals surface area contributed by atoms with Gasteiger partial charge in [0.2, 0.25) is 0 Å². The quantitative estimate of drug-likeness (QED) is 0.401. The van der Waals surface area contributed by atoms with E-state index in [1.165, 1.54) is 0 Å². The van der Waals surface area contributed by atoms with E-state index < -0.39 is 40.6 Å². The summed E-state index contributed by atoms with van der Waals surface area (Å²) in [5.41, 5.74) is 0.374. The number of hydrogen-bond acceptors (Lipinski definition) is 9. The molecule has 1 aromatic heterocycles. The van der Waals surface area contributed by atoms with Crippen LogP contribution in [-0.2, 0) is 23.8 Å². The number of nitrogens with zero attached hydrogens (tertiary/aromatic N) is 2. The maximum atomic E-state index is 12.2. The number of aromatic nitrogens is 2. The van der Waals surface area contributed by atoms with Crippen LogP contribution in [0.15, 0.2) is 42.6 Å². The summed E-state index contributed by atoms with van der Waals surface area (Å²) in [5.74, 6) is -0.550. The first-order valence-electron chi connectivity index (χ1n) is 8.33. The summed E-state index contributed by atoms with van der Waals surface area (Å²) < 4.78 is 47.5. The van der Waals surface area contributed by atoms with Gasteiger partial charge in [0.05, 0.1) is 11.8 Å². The molecule has 1 saturated heterocycles. The van der Waals surface area contributed by atoms with Crippen molar-refractivity contribution in [2.24, 2.45) is 0 Å². The van der Waals surface area contributed by atoms with E-state index >= 15 is 0 Å². The predicted octanol–water partition coefficient (Wildman–Crippen LogP) is 1.47. The topological polar surface area (TPSA) is 106 Å². The number of ether oxygens (including phenoxy) is 3. The molecule has 0 radical (unpaired) electrons. The fourth-order valence-electron chi connectivity index (χ4n) is 3.12. The van der Waals surface area contributed by atoms with E-state index in [9.17, 15) is 13.2 Å². The third-order valence-electron chi connectivity index (χ3n) is 4.28. The Morgan fingerprint density at radius 2 is 2.04 bits per heavy atom. The summed E-state index contributed by atoms with van der Waals surface area (Å²) in [6, 6.07) is 10.2. The van der Waals surface area contributed by atoms with Gasteiger partial charge in [-0.15, -0.1) is 0 Å². The van der Waals surface area contributed by atoms with Crippen molar-refractivity contribution in [1.82, 2.24) is 9.55 Å². The molecule has 11 heteroatoms. The average Bonchev–Trinajstić information content (AvgIpc) is 3.15. The SMILES string of the molecule is CS(=O)(=O)O[C@H]1[C@H]2Oc3nc(=S)ccn3[C@H]2O[C@H]1COC(=O)c1ccccc1. The van der Waals surface area contributed by atoms with E-state index in [0.717, 1.165) is 6.26 Å². The summed E-state index contributed by atoms with van der Waals surface area (Å²) in [5, 5.41) is 0. The van der Waals surface area contributed by atoms with Crippen LogP contribution < -0.4 is 4.74 Å². The van der Waals surface area contributed by atoms with E-state index in [1.54, 1.807) is 47.2 Å². The number of hydrogen-bond donors (Lipinski definition) is 0. The molecule has 148 valence electrons. The van der Waals surface area contributed by atoms with Crippen molar-refractivity contribution < 1.29 is 31.6 Å². The number of esters is 1. The van der Waals surface area contributed by atoms with Gasteiger partial charge < -0.3 is 14.2 Å². The summed E-state index contributed by atoms with van der Waals surface area (Å²) in [4.78, 5) is 16.3. The highest BCUT2D eigenvalue weighted by atomic mass is 32.2. The van der Waals surface area contributed by atoms with Gasteiger partial charge in [-0.05, 0) is 18.2 Å². The van der Waals surface area contributed by atoms with Gasteiger partial charge in [0.1, 0.15) is 23.5 Å². The van der Waals surface area contributed by atoms with Gasteiger partial charge in [0.15, 0.2) is 12.3 Å². The largest absolute Gasteiger partial charge is 0.459 e. The second kappa shape index (κ2) is 7.24. The maximum absolute atomic E-state index is 12.2. The molecule has 9 nitrogen and oxygen atoms in total. The van der Waals surface area contributed by atoms with Gasteiger partial charge in [0, 0.05) is 6.20 Å². The molecule has 4 atom stereocenters. The zero-order valence-corrected chi connectivity index (χ0v) is 16.3. The van der Waals surface area contributed by atoms with Gasteiger partial charge in [-0.3, -0.25) is 8.75 Å². The first kappa shape index (κ1) is 19.0. The average molecular weight is 424 g/mol. The molecular weight excluding hydrogens is 408 g/mol. The summed E-state index contributed by atoms with van der Waals surface area (Å²) >= 11 is 5.01. The fraction of sp³-hybridized carbons (Fsp3) is 0.353.